The predicted molar refractivity (Wildman–Crippen MR) is 236 cm³/mol. The van der Waals surface area contributed by atoms with Crippen LogP contribution >= 0.6 is 15.8 Å². The third kappa shape index (κ3) is 11.9. The van der Waals surface area contributed by atoms with Crippen molar-refractivity contribution in [2.75, 3.05) is 5.90 Å². The molecule has 0 aliphatic rings. The molecule has 0 radical (unpaired) electrons. The van der Waals surface area contributed by atoms with Crippen molar-refractivity contribution in [2.45, 2.75) is 104 Å². The SMILES string of the molecule is CC(C)(C)[PH+](C[PH+](C(C)(C)C)C(C)(C)C)C(C)(C)C.[Au+].[Au+].[C-]#Cc1cc2ccccc2c2ccccc12.[C-]#Cc1cc2ccccc2c2ccccc12. The number of hydrogen-bond donors (Lipinski definition) is 0. The second-order valence-corrected chi connectivity index (χ2v) is 27.1. The van der Waals surface area contributed by atoms with E-state index in [9.17, 15) is 0 Å². The van der Waals surface area contributed by atoms with Crippen molar-refractivity contribution in [1.82, 2.24) is 0 Å². The van der Waals surface area contributed by atoms with E-state index >= 15 is 0 Å². The molecule has 4 heteroatoms. The Morgan fingerprint density at radius 2 is 0.642 bits per heavy atom. The van der Waals surface area contributed by atoms with Crippen molar-refractivity contribution in [1.29, 1.82) is 0 Å². The molecular weight excluding hydrogens is 1040 g/mol. The first-order valence-electron chi connectivity index (χ1n) is 18.2. The van der Waals surface area contributed by atoms with E-state index in [-0.39, 0.29) is 44.8 Å². The van der Waals surface area contributed by atoms with Crippen LogP contribution in [0.15, 0.2) is 109 Å². The molecule has 0 fully saturated rings. The summed E-state index contributed by atoms with van der Waals surface area (Å²) in [5, 5.41) is 11.3. The Balaban J connectivity index is 0.000000270. The van der Waals surface area contributed by atoms with Crippen LogP contribution in [-0.2, 0) is 44.8 Å². The zero-order valence-electron chi connectivity index (χ0n) is 33.7. The molecule has 0 unspecified atom stereocenters. The molecule has 0 aliphatic heterocycles. The monoisotopic (exact) mass is 1100 g/mol. The van der Waals surface area contributed by atoms with Gasteiger partial charge in [0.2, 0.25) is 0 Å². The van der Waals surface area contributed by atoms with Crippen molar-refractivity contribution in [3.8, 4) is 11.8 Å². The van der Waals surface area contributed by atoms with Gasteiger partial charge in [-0.2, -0.15) is 0 Å². The molecule has 0 bridgehead atoms. The summed E-state index contributed by atoms with van der Waals surface area (Å²) in [6, 6.07) is 36.9. The molecule has 0 heterocycles. The zero-order chi connectivity index (χ0) is 37.8. The number of hydrogen-bond acceptors (Lipinski definition) is 0. The van der Waals surface area contributed by atoms with E-state index in [1.807, 2.05) is 72.8 Å². The van der Waals surface area contributed by atoms with E-state index in [2.05, 4.69) is 131 Å². The molecule has 53 heavy (non-hydrogen) atoms. The number of fused-ring (bicyclic) bond motifs is 6. The minimum absolute atomic E-state index is 0. The van der Waals surface area contributed by atoms with Gasteiger partial charge < -0.3 is 12.8 Å². The van der Waals surface area contributed by atoms with E-state index in [0.717, 1.165) is 32.7 Å². The topological polar surface area (TPSA) is 0 Å². The smallest absolute Gasteiger partial charge is 0.366 e. The molecule has 0 amide bonds. The van der Waals surface area contributed by atoms with Crippen molar-refractivity contribution in [3.05, 3.63) is 133 Å². The molecule has 0 nitrogen and oxygen atoms in total. The summed E-state index contributed by atoms with van der Waals surface area (Å²) in [6.07, 6.45) is 14.7. The first-order chi connectivity index (χ1) is 23.8. The van der Waals surface area contributed by atoms with Gasteiger partial charge in [-0.05, 0) is 115 Å². The van der Waals surface area contributed by atoms with Gasteiger partial charge in [0.05, 0.1) is 20.6 Å². The first kappa shape index (κ1) is 47.0. The molecule has 0 aromatic heterocycles. The van der Waals surface area contributed by atoms with Gasteiger partial charge in [-0.15, -0.1) is 23.3 Å². The number of benzene rings is 6. The first-order valence-corrected chi connectivity index (χ1v) is 21.6. The van der Waals surface area contributed by atoms with Crippen molar-refractivity contribution < 1.29 is 44.8 Å². The third-order valence-electron chi connectivity index (χ3n) is 9.78. The Hall–Kier alpha value is -2.18. The molecular formula is C49H58Au2P2+2. The molecule has 0 saturated heterocycles. The average molecular weight is 1100 g/mol. The summed E-state index contributed by atoms with van der Waals surface area (Å²) in [4.78, 5) is 0. The summed E-state index contributed by atoms with van der Waals surface area (Å²) in [5.74, 6) is 6.55. The van der Waals surface area contributed by atoms with Gasteiger partial charge >= 0.3 is 44.8 Å². The van der Waals surface area contributed by atoms with E-state index in [1.54, 1.807) is 0 Å². The van der Waals surface area contributed by atoms with Crippen LogP contribution in [0.4, 0.5) is 0 Å². The molecule has 0 saturated carbocycles. The van der Waals surface area contributed by atoms with Gasteiger partial charge in [-0.25, -0.2) is 0 Å². The van der Waals surface area contributed by atoms with Crippen LogP contribution in [0.3, 0.4) is 0 Å². The fraction of sp³-hybridized carbons (Fsp3) is 0.347. The molecule has 6 rings (SSSR count). The quantitative estimate of drug-likeness (QED) is 0.0533. The fourth-order valence-electron chi connectivity index (χ4n) is 7.80. The Kier molecular flexibility index (Phi) is 16.9. The second kappa shape index (κ2) is 19.1. The van der Waals surface area contributed by atoms with Gasteiger partial charge in [0, 0.05) is 15.8 Å². The van der Waals surface area contributed by atoms with E-state index in [0.29, 0.717) is 20.6 Å². The average Bonchev–Trinajstić information content (AvgIpc) is 3.06. The van der Waals surface area contributed by atoms with Crippen LogP contribution in [0.2, 0.25) is 0 Å². The Morgan fingerprint density at radius 1 is 0.396 bits per heavy atom. The predicted octanol–water partition coefficient (Wildman–Crippen LogP) is 14.4. The maximum absolute atomic E-state index is 7.35. The molecule has 6 aromatic carbocycles. The van der Waals surface area contributed by atoms with Crippen LogP contribution in [0.5, 0.6) is 0 Å². The van der Waals surface area contributed by atoms with Gasteiger partial charge in [-0.3, -0.25) is 11.8 Å². The Morgan fingerprint density at radius 3 is 0.906 bits per heavy atom. The second-order valence-electron chi connectivity index (χ2n) is 17.8. The summed E-state index contributed by atoms with van der Waals surface area (Å²) >= 11 is 0. The summed E-state index contributed by atoms with van der Waals surface area (Å²) in [5.41, 5.74) is 1.71. The number of rotatable bonds is 2. The van der Waals surface area contributed by atoms with Crippen LogP contribution in [-0.4, -0.2) is 26.5 Å². The summed E-state index contributed by atoms with van der Waals surface area (Å²) in [7, 11) is -0.788. The Bertz CT molecular complexity index is 2020. The minimum atomic E-state index is -0.394. The fourth-order valence-corrected chi connectivity index (χ4v) is 22.2. The molecule has 0 spiro atoms. The molecule has 0 N–H and O–H groups in total. The van der Waals surface area contributed by atoms with Gasteiger partial charge in [-0.1, -0.05) is 108 Å². The molecule has 6 aromatic rings. The summed E-state index contributed by atoms with van der Waals surface area (Å²) in [6.45, 7) is 29.6. The van der Waals surface area contributed by atoms with Crippen molar-refractivity contribution in [2.24, 2.45) is 0 Å². The standard InChI is InChI=1S/C17H38P2.2C16H9.2Au/c1-14(2,3)18(15(4,5)6)13-19(16(7,8)9)17(10,11)12;2*1-2-12-11-13-7-3-4-9-15(13)16-10-6-5-8-14(12)16;;/h13H2,1-12H3;2*3-11H;;/q;2*-1;2*+1/p+2. The Labute approximate surface area is 355 Å². The molecule has 284 valence electrons. The van der Waals surface area contributed by atoms with E-state index in [1.165, 1.54) is 27.4 Å². The van der Waals surface area contributed by atoms with Gasteiger partial charge in [0.25, 0.3) is 0 Å². The maximum Gasteiger partial charge on any atom is 1.00 e. The zero-order valence-corrected chi connectivity index (χ0v) is 40.0. The van der Waals surface area contributed by atoms with Crippen molar-refractivity contribution in [3.63, 3.8) is 0 Å². The van der Waals surface area contributed by atoms with Crippen LogP contribution < -0.4 is 0 Å². The van der Waals surface area contributed by atoms with E-state index < -0.39 is 15.8 Å². The van der Waals surface area contributed by atoms with Crippen LogP contribution in [0, 0.1) is 24.7 Å². The largest absolute Gasteiger partial charge is 1.00 e. The summed E-state index contributed by atoms with van der Waals surface area (Å²) < 4.78 is 0. The van der Waals surface area contributed by atoms with Crippen LogP contribution in [0.1, 0.15) is 94.2 Å². The van der Waals surface area contributed by atoms with Gasteiger partial charge in [0.15, 0.2) is 5.90 Å². The van der Waals surface area contributed by atoms with E-state index in [4.69, 9.17) is 12.8 Å². The van der Waals surface area contributed by atoms with Crippen LogP contribution in [0.25, 0.3) is 43.1 Å². The van der Waals surface area contributed by atoms with Crippen molar-refractivity contribution >= 4 is 58.9 Å². The molecule has 0 atom stereocenters. The normalized spacial score (nSPS) is 11.8. The molecule has 0 aliphatic carbocycles. The van der Waals surface area contributed by atoms with Gasteiger partial charge in [0.1, 0.15) is 0 Å². The minimum Gasteiger partial charge on any atom is -0.366 e. The maximum atomic E-state index is 7.35. The third-order valence-corrected chi connectivity index (χ3v) is 19.9.